The highest BCUT2D eigenvalue weighted by atomic mass is 35.5. The van der Waals surface area contributed by atoms with Crippen molar-refractivity contribution in [1.82, 2.24) is 0 Å². The van der Waals surface area contributed by atoms with E-state index >= 15 is 0 Å². The fraction of sp³-hybridized carbons (Fsp3) is 0.154. The average Bonchev–Trinajstić information content (AvgIpc) is 3.25. The van der Waals surface area contributed by atoms with Crippen molar-refractivity contribution in [2.45, 2.75) is 25.9 Å². The largest absolute Gasteiger partial charge is 0.283 e. The fourth-order valence-electron chi connectivity index (χ4n) is 3.91. The maximum absolute atomic E-state index is 13.6. The highest BCUT2D eigenvalue weighted by molar-refractivity contribution is 6.86. The van der Waals surface area contributed by atoms with E-state index < -0.39 is 6.17 Å². The summed E-state index contributed by atoms with van der Waals surface area (Å²) >= 11 is 6.09. The summed E-state index contributed by atoms with van der Waals surface area (Å²) in [7, 11) is 0. The lowest BCUT2D eigenvalue weighted by atomic mass is 9.97. The van der Waals surface area contributed by atoms with Crippen LogP contribution in [0.25, 0.3) is 0 Å². The minimum Gasteiger partial charge on any atom is -0.280 e. The number of carbonyl (C=O) groups is 1. The Morgan fingerprint density at radius 3 is 2.12 bits per heavy atom. The van der Waals surface area contributed by atoms with Gasteiger partial charge in [-0.1, -0.05) is 80.0 Å². The van der Waals surface area contributed by atoms with E-state index in [4.69, 9.17) is 16.6 Å². The molecule has 0 saturated carbocycles. The molecule has 0 radical (unpaired) electrons. The summed E-state index contributed by atoms with van der Waals surface area (Å²) in [5.41, 5.74) is 5.15. The van der Waals surface area contributed by atoms with E-state index in [1.807, 2.05) is 54.6 Å². The lowest BCUT2D eigenvalue weighted by Gasteiger charge is -2.33. The number of rotatable bonds is 4. The summed E-state index contributed by atoms with van der Waals surface area (Å²) in [6.45, 7) is 4.31. The van der Waals surface area contributed by atoms with Crippen LogP contribution in [0.3, 0.4) is 0 Å². The summed E-state index contributed by atoms with van der Waals surface area (Å²) in [5, 5.41) is 9.13. The first-order valence-corrected chi connectivity index (χ1v) is 10.9. The number of carbonyl (C=O) groups excluding carboxylic acids is 1. The number of fused-ring (bicyclic) bond motifs is 1. The zero-order valence-corrected chi connectivity index (χ0v) is 18.5. The van der Waals surface area contributed by atoms with Crippen LogP contribution in [0.1, 0.15) is 42.6 Å². The molecule has 0 aromatic heterocycles. The molecule has 0 spiro atoms. The van der Waals surface area contributed by atoms with Crippen LogP contribution in [0, 0.1) is 0 Å². The molecule has 32 heavy (non-hydrogen) atoms. The van der Waals surface area contributed by atoms with Crippen LogP contribution in [0.2, 0.25) is 5.02 Å². The normalized spacial score (nSPS) is 17.8. The molecule has 2 aliphatic rings. The van der Waals surface area contributed by atoms with Crippen LogP contribution in [0.15, 0.2) is 94.1 Å². The molecule has 5 rings (SSSR count). The number of anilines is 1. The van der Waals surface area contributed by atoms with E-state index in [0.29, 0.717) is 28.1 Å². The zero-order chi connectivity index (χ0) is 22.2. The lowest BCUT2D eigenvalue weighted by Crippen LogP contribution is -2.47. The molecule has 0 fully saturated rings. The molecular formula is C26H21ClN4O. The van der Waals surface area contributed by atoms with Gasteiger partial charge in [-0.25, -0.2) is 0 Å². The number of halogens is 1. The fourth-order valence-corrected chi connectivity index (χ4v) is 4.03. The highest BCUT2D eigenvalue weighted by Crippen LogP contribution is 2.34. The Hall–Kier alpha value is -3.57. The molecule has 6 heteroatoms. The molecule has 3 aromatic rings. The van der Waals surface area contributed by atoms with Gasteiger partial charge in [0.1, 0.15) is 11.4 Å². The monoisotopic (exact) mass is 440 g/mol. The molecule has 1 atom stereocenters. The van der Waals surface area contributed by atoms with Crippen molar-refractivity contribution in [3.8, 4) is 0 Å². The van der Waals surface area contributed by atoms with Gasteiger partial charge in [0.2, 0.25) is 0 Å². The van der Waals surface area contributed by atoms with E-state index in [2.05, 4.69) is 36.2 Å². The summed E-state index contributed by atoms with van der Waals surface area (Å²) in [4.78, 5) is 20.3. The first-order chi connectivity index (χ1) is 15.5. The topological polar surface area (TPSA) is 57.4 Å². The van der Waals surface area contributed by atoms with Crippen LogP contribution in [0.4, 0.5) is 5.69 Å². The molecule has 2 heterocycles. The smallest absolute Gasteiger partial charge is 0.280 e. The summed E-state index contributed by atoms with van der Waals surface area (Å²) in [6.07, 6.45) is -0.536. The van der Waals surface area contributed by atoms with Crippen LogP contribution < -0.4 is 4.90 Å². The highest BCUT2D eigenvalue weighted by Gasteiger charge is 2.41. The minimum absolute atomic E-state index is 0.232. The molecule has 1 amide bonds. The van der Waals surface area contributed by atoms with Crippen LogP contribution >= 0.6 is 11.6 Å². The summed E-state index contributed by atoms with van der Waals surface area (Å²) < 4.78 is 0. The van der Waals surface area contributed by atoms with E-state index in [1.165, 1.54) is 5.56 Å². The molecule has 2 aliphatic heterocycles. The Kier molecular flexibility index (Phi) is 5.19. The van der Waals surface area contributed by atoms with E-state index in [-0.39, 0.29) is 11.6 Å². The second-order valence-corrected chi connectivity index (χ2v) is 8.52. The Balaban J connectivity index is 1.63. The van der Waals surface area contributed by atoms with Gasteiger partial charge in [-0.3, -0.25) is 14.7 Å². The Morgan fingerprint density at radius 1 is 0.812 bits per heavy atom. The standard InChI is InChI=1S/C26H21ClN4O/c1-16(2)17-8-10-19(11-9-17)25-28-23-22(18-6-4-3-5-7-18)29-30-24(23)26(32)31(25)21-14-12-20(27)13-15-21/h3-16,25H,1-2H3. The Bertz CT molecular complexity index is 1260. The van der Waals surface area contributed by atoms with Crippen LogP contribution in [0.5, 0.6) is 0 Å². The minimum atomic E-state index is -0.536. The maximum Gasteiger partial charge on any atom is 0.283 e. The Labute approximate surface area is 191 Å². The van der Waals surface area contributed by atoms with Gasteiger partial charge < -0.3 is 0 Å². The van der Waals surface area contributed by atoms with E-state index in [9.17, 15) is 4.79 Å². The molecule has 0 aliphatic carbocycles. The van der Waals surface area contributed by atoms with Gasteiger partial charge in [0, 0.05) is 16.3 Å². The van der Waals surface area contributed by atoms with Gasteiger partial charge in [-0.05, 0) is 41.3 Å². The van der Waals surface area contributed by atoms with Gasteiger partial charge in [-0.15, -0.1) is 10.2 Å². The number of hydrogen-bond donors (Lipinski definition) is 0. The van der Waals surface area contributed by atoms with Crippen LogP contribution in [-0.2, 0) is 4.79 Å². The molecule has 1 unspecified atom stereocenters. The number of hydrogen-bond acceptors (Lipinski definition) is 4. The molecule has 0 bridgehead atoms. The van der Waals surface area contributed by atoms with Crippen molar-refractivity contribution in [2.24, 2.45) is 15.2 Å². The number of amides is 1. The van der Waals surface area contributed by atoms with Gasteiger partial charge in [0.25, 0.3) is 5.91 Å². The van der Waals surface area contributed by atoms with Crippen molar-refractivity contribution in [1.29, 1.82) is 0 Å². The maximum atomic E-state index is 13.6. The first-order valence-electron chi connectivity index (χ1n) is 10.5. The van der Waals surface area contributed by atoms with Gasteiger partial charge in [0.05, 0.1) is 0 Å². The van der Waals surface area contributed by atoms with Gasteiger partial charge in [-0.2, -0.15) is 0 Å². The predicted molar refractivity (Wildman–Crippen MR) is 130 cm³/mol. The van der Waals surface area contributed by atoms with Crippen molar-refractivity contribution in [3.05, 3.63) is 101 Å². The van der Waals surface area contributed by atoms with E-state index in [0.717, 1.165) is 11.1 Å². The average molecular weight is 441 g/mol. The van der Waals surface area contributed by atoms with Crippen molar-refractivity contribution in [2.75, 3.05) is 4.90 Å². The molecule has 0 N–H and O–H groups in total. The molecule has 0 saturated heterocycles. The van der Waals surface area contributed by atoms with Gasteiger partial charge >= 0.3 is 0 Å². The summed E-state index contributed by atoms with van der Waals surface area (Å²) in [5.74, 6) is 0.186. The number of nitrogens with zero attached hydrogens (tertiary/aromatic N) is 4. The third-order valence-corrected chi connectivity index (χ3v) is 5.92. The van der Waals surface area contributed by atoms with Crippen molar-refractivity contribution in [3.63, 3.8) is 0 Å². The number of aliphatic imine (C=N–C) groups is 1. The van der Waals surface area contributed by atoms with Crippen LogP contribution in [-0.4, -0.2) is 23.0 Å². The first kappa shape index (κ1) is 20.3. The number of benzene rings is 3. The predicted octanol–water partition coefficient (Wildman–Crippen LogP) is 5.81. The molecular weight excluding hydrogens is 420 g/mol. The third-order valence-electron chi connectivity index (χ3n) is 5.67. The molecule has 3 aromatic carbocycles. The molecule has 158 valence electrons. The lowest BCUT2D eigenvalue weighted by molar-refractivity contribution is -0.113. The van der Waals surface area contributed by atoms with Crippen molar-refractivity contribution < 1.29 is 4.79 Å². The summed E-state index contributed by atoms with van der Waals surface area (Å²) in [6, 6.07) is 25.1. The van der Waals surface area contributed by atoms with E-state index in [1.54, 1.807) is 17.0 Å². The quantitative estimate of drug-likeness (QED) is 0.505. The van der Waals surface area contributed by atoms with Gasteiger partial charge in [0.15, 0.2) is 11.9 Å². The Morgan fingerprint density at radius 2 is 1.47 bits per heavy atom. The molecule has 5 nitrogen and oxygen atoms in total. The SMILES string of the molecule is CC(C)c1ccc(C2N=C3C(=NN=C3c3ccccc3)C(=O)N2c2ccc(Cl)cc2)cc1. The zero-order valence-electron chi connectivity index (χ0n) is 17.7. The third kappa shape index (κ3) is 3.55. The second kappa shape index (κ2) is 8.17. The second-order valence-electron chi connectivity index (χ2n) is 8.09. The van der Waals surface area contributed by atoms with Crippen molar-refractivity contribution >= 4 is 40.3 Å².